The van der Waals surface area contributed by atoms with Gasteiger partial charge in [0.05, 0.1) is 58.5 Å². The number of aliphatic hydroxyl groups excluding tert-OH is 1. The maximum Gasteiger partial charge on any atom is 1.00 e. The second-order valence-electron chi connectivity index (χ2n) is 23.4. The second kappa shape index (κ2) is 36.5. The molecule has 11 aromatic rings. The Morgan fingerprint density at radius 2 is 1.04 bits per heavy atom. The van der Waals surface area contributed by atoms with Gasteiger partial charge in [-0.05, 0) is 193 Å². The van der Waals surface area contributed by atoms with Gasteiger partial charge in [0.25, 0.3) is 16.5 Å². The summed E-state index contributed by atoms with van der Waals surface area (Å²) in [5.74, 6) is 2.09. The average Bonchev–Trinajstić information content (AvgIpc) is 1.48. The summed E-state index contributed by atoms with van der Waals surface area (Å²) in [6.07, 6.45) is 18.2. The summed E-state index contributed by atoms with van der Waals surface area (Å²) >= 11 is 12.5. The van der Waals surface area contributed by atoms with Crippen LogP contribution in [0.15, 0.2) is 211 Å². The van der Waals surface area contributed by atoms with Crippen molar-refractivity contribution in [3.8, 4) is 0 Å². The van der Waals surface area contributed by atoms with Gasteiger partial charge in [-0.1, -0.05) is 168 Å². The molecule has 3 radical (unpaired) electrons. The largest absolute Gasteiger partial charge is 1.00 e. The van der Waals surface area contributed by atoms with Crippen molar-refractivity contribution in [1.82, 2.24) is 23.6 Å². The third kappa shape index (κ3) is 19.4. The molecule has 4 aromatic heterocycles. The Kier molecular flexibility index (Phi) is 30.3. The third-order valence-corrected chi connectivity index (χ3v) is 19.5. The van der Waals surface area contributed by atoms with Crippen molar-refractivity contribution in [3.05, 3.63) is 245 Å². The molecule has 0 spiro atoms. The number of imidazole rings is 2. The van der Waals surface area contributed by atoms with Gasteiger partial charge in [-0.15, -0.1) is 0 Å². The number of fused-ring (bicyclic) bond motifs is 5. The second-order valence-corrected chi connectivity index (χ2v) is 25.9. The van der Waals surface area contributed by atoms with E-state index in [9.17, 15) is 18.3 Å². The molecule has 3 fully saturated rings. The number of nitrogens with zero attached hydrogens (tertiary/aromatic N) is 5. The Labute approximate surface area is 693 Å². The monoisotopic (exact) mass is 1530 g/mol. The molecular formula is C72H71BCl2Cs2N6NaO7S. The van der Waals surface area contributed by atoms with Crippen LogP contribution in [0.3, 0.4) is 0 Å². The Morgan fingerprint density at radius 3 is 1.52 bits per heavy atom. The SMILES string of the molecule is Cc1ccc(S(=O)(=O)NN=C2CCC(c3ccc4ccccc4c3)CC2)cc1.O=C(c1cc(Cl)cc2cncn12)C1CCC(c2ccc3ccccc3c2)CC1.O=CO[O-].OC(c1cc(Cl)cc2cncn12)C1CCC(c2ccc3ccccc3c2)CC1.[B].[Cs+].[Cs+].[H-].[H-].[Na+]. The number of carbonyl (C=O) groups excluding carboxylic acids is 2. The first-order chi connectivity index (χ1) is 42.8. The molecule has 20 heteroatoms. The zero-order chi connectivity index (χ0) is 61.2. The minimum Gasteiger partial charge on any atom is -1.00 e. The topological polar surface area (TPSA) is 180 Å². The van der Waals surface area contributed by atoms with Crippen molar-refractivity contribution in [2.45, 2.75) is 113 Å². The minimum absolute atomic E-state index is 0. The Bertz CT molecular complexity index is 4420. The van der Waals surface area contributed by atoms with Crippen molar-refractivity contribution in [3.63, 3.8) is 0 Å². The summed E-state index contributed by atoms with van der Waals surface area (Å²) < 4.78 is 28.6. The van der Waals surface area contributed by atoms with E-state index in [-0.39, 0.29) is 208 Å². The maximum absolute atomic E-state index is 13.2. The molecule has 0 aliphatic heterocycles. The van der Waals surface area contributed by atoms with Gasteiger partial charge in [0.2, 0.25) is 0 Å². The number of aliphatic hydroxyl groups is 1. The van der Waals surface area contributed by atoms with Crippen molar-refractivity contribution < 1.29 is 203 Å². The summed E-state index contributed by atoms with van der Waals surface area (Å²) in [4.78, 5) is 35.4. The number of nitrogens with one attached hydrogen (secondary N) is 1. The molecule has 3 aliphatic rings. The van der Waals surface area contributed by atoms with Crippen LogP contribution in [0, 0.1) is 18.8 Å². The molecule has 457 valence electrons. The normalized spacial score (nSPS) is 18.1. The number of sulfonamides is 1. The summed E-state index contributed by atoms with van der Waals surface area (Å²) in [5, 5.41) is 32.6. The Morgan fingerprint density at radius 1 is 0.620 bits per heavy atom. The summed E-state index contributed by atoms with van der Waals surface area (Å²) in [7, 11) is -3.60. The molecule has 7 aromatic carbocycles. The van der Waals surface area contributed by atoms with E-state index in [1.165, 1.54) is 49.0 Å². The Balaban J connectivity index is 0.000000241. The summed E-state index contributed by atoms with van der Waals surface area (Å²) in [6, 6.07) is 59.9. The fourth-order valence-electron chi connectivity index (χ4n) is 13.0. The molecular weight excluding hydrogens is 1460 g/mol. The van der Waals surface area contributed by atoms with E-state index in [0.29, 0.717) is 33.5 Å². The van der Waals surface area contributed by atoms with Gasteiger partial charge in [0.1, 0.15) is 0 Å². The van der Waals surface area contributed by atoms with Crippen LogP contribution in [0.2, 0.25) is 10.0 Å². The summed E-state index contributed by atoms with van der Waals surface area (Å²) in [6.45, 7) is 1.75. The third-order valence-electron chi connectivity index (χ3n) is 17.9. The van der Waals surface area contributed by atoms with Crippen molar-refractivity contribution in [1.29, 1.82) is 0 Å². The van der Waals surface area contributed by atoms with Gasteiger partial charge in [0.15, 0.2) is 5.78 Å². The van der Waals surface area contributed by atoms with Crippen LogP contribution in [-0.2, 0) is 19.7 Å². The fraction of sp³-hybridized carbons (Fsp3) is 0.264. The molecule has 0 bridgehead atoms. The van der Waals surface area contributed by atoms with E-state index in [2.05, 4.69) is 152 Å². The van der Waals surface area contributed by atoms with Gasteiger partial charge >= 0.3 is 167 Å². The van der Waals surface area contributed by atoms with E-state index in [0.717, 1.165) is 105 Å². The smallest absolute Gasteiger partial charge is 1.00 e. The van der Waals surface area contributed by atoms with Crippen LogP contribution in [-0.4, -0.2) is 58.7 Å². The predicted octanol–water partition coefficient (Wildman–Crippen LogP) is 6.88. The summed E-state index contributed by atoms with van der Waals surface area (Å²) in [5.41, 5.74) is 9.40. The number of aryl methyl sites for hydroxylation is 1. The first-order valence-electron chi connectivity index (χ1n) is 30.1. The van der Waals surface area contributed by atoms with Crippen molar-refractivity contribution in [2.75, 3.05) is 0 Å². The standard InChI is InChI=1S/C24H23ClN2O.C24H21ClN2O.C23H24N2O2S.CH2O3.B.2Cs.Na.2H/c2*25-21-12-22-14-26-15-27(22)23(13-21)24(28)18-8-5-17(6-9-18)20-10-7-16-3-1-2-4-19(16)11-20;1-17-6-14-23(15-7-17)28(26,27)25-24-22-12-10-19(11-13-22)21-9-8-18-4-2-3-5-20(18)16-21;2-1-4-3;;;;;;/h1-4,7,10-15,17-18,24,28H,5-6,8-9H2;1-4,7,10-15,17-18H,5-6,8-9H2;2-9,14-16,19,25H,10-13H2,1H3;1,3H;;;;;;/q;;;;;3*+1;2*-1/p-1. The number of carbonyl (C=O) groups is 2. The number of hydrogen-bond donors (Lipinski definition) is 2. The van der Waals surface area contributed by atoms with Gasteiger partial charge in [-0.25, -0.2) is 14.8 Å². The first kappa shape index (κ1) is 76.3. The van der Waals surface area contributed by atoms with Crippen LogP contribution in [0.1, 0.15) is 142 Å². The minimum atomic E-state index is -3.60. The number of rotatable bonds is 11. The number of hydrogen-bond acceptors (Lipinski definition) is 10. The quantitative estimate of drug-likeness (QED) is 0.0460. The molecule has 1 unspecified atom stereocenters. The van der Waals surface area contributed by atoms with Crippen LogP contribution >= 0.6 is 23.2 Å². The predicted molar refractivity (Wildman–Crippen MR) is 356 cm³/mol. The van der Waals surface area contributed by atoms with Gasteiger partial charge in [-0.3, -0.25) is 14.0 Å². The van der Waals surface area contributed by atoms with Crippen molar-refractivity contribution >= 4 is 103 Å². The number of benzene rings is 7. The van der Waals surface area contributed by atoms with E-state index < -0.39 is 16.1 Å². The number of Topliss-reactive ketones (excluding diaryl/α,β-unsaturated/α-hetero) is 1. The molecule has 3 aliphatic carbocycles. The van der Waals surface area contributed by atoms with E-state index in [4.69, 9.17) is 33.3 Å². The molecule has 14 rings (SSSR count). The molecule has 4 heterocycles. The average molecular weight is 1530 g/mol. The van der Waals surface area contributed by atoms with Crippen molar-refractivity contribution in [2.24, 2.45) is 16.9 Å². The van der Waals surface area contributed by atoms with Gasteiger partial charge in [-0.2, -0.15) is 13.5 Å². The molecule has 1 atom stereocenters. The van der Waals surface area contributed by atoms with Crippen LogP contribution < -0.4 is 177 Å². The fourth-order valence-corrected chi connectivity index (χ4v) is 14.3. The molecule has 0 amide bonds. The van der Waals surface area contributed by atoms with E-state index >= 15 is 0 Å². The van der Waals surface area contributed by atoms with E-state index in [1.807, 2.05) is 33.9 Å². The number of aromatic nitrogens is 4. The molecule has 3 saturated carbocycles. The van der Waals surface area contributed by atoms with E-state index in [1.54, 1.807) is 55.4 Å². The number of pyridine rings is 2. The molecule has 2 N–H and O–H groups in total. The Hall–Kier alpha value is -3.07. The van der Waals surface area contributed by atoms with Crippen LogP contribution in [0.5, 0.6) is 0 Å². The van der Waals surface area contributed by atoms with Crippen LogP contribution in [0.25, 0.3) is 43.4 Å². The first-order valence-corrected chi connectivity index (χ1v) is 32.3. The molecule has 0 saturated heterocycles. The van der Waals surface area contributed by atoms with Gasteiger partial charge in [0, 0.05) is 30.1 Å². The number of ketones is 1. The number of hydrazone groups is 1. The van der Waals surface area contributed by atoms with Crippen LogP contribution in [0.4, 0.5) is 0 Å². The maximum atomic E-state index is 13.2. The molecule has 92 heavy (non-hydrogen) atoms. The van der Waals surface area contributed by atoms with Gasteiger partial charge < -0.3 is 22.5 Å². The number of halogens is 2. The molecule has 13 nitrogen and oxygen atoms in total. The zero-order valence-electron chi connectivity index (χ0n) is 54.5. The zero-order valence-corrected chi connectivity index (χ0v) is 69.3.